The lowest BCUT2D eigenvalue weighted by Crippen LogP contribution is -2.64. The standard InChI is InChI=1S/C18H31N3O2/c1-14(22)19-18-12-20(10-16-6-4-3-5-7-16)9-8-17(18)11-21(13-18)15(2)23/h16-17H,3-13H2,1-2H3,(H,19,22)/t17-,18-/m1/s1. The predicted octanol–water partition coefficient (Wildman–Crippen LogP) is 1.63. The molecule has 3 fully saturated rings. The second-order valence-corrected chi connectivity index (χ2v) is 7.96. The molecule has 130 valence electrons. The minimum Gasteiger partial charge on any atom is -0.347 e. The fourth-order valence-electron chi connectivity index (χ4n) is 5.00. The monoisotopic (exact) mass is 321 g/mol. The van der Waals surface area contributed by atoms with Gasteiger partial charge in [-0.25, -0.2) is 0 Å². The number of amides is 2. The maximum absolute atomic E-state index is 11.8. The average molecular weight is 321 g/mol. The van der Waals surface area contributed by atoms with E-state index >= 15 is 0 Å². The Bertz CT molecular complexity index is 461. The van der Waals surface area contributed by atoms with Crippen molar-refractivity contribution in [2.45, 2.75) is 57.9 Å². The van der Waals surface area contributed by atoms with Crippen LogP contribution in [0, 0.1) is 11.8 Å². The summed E-state index contributed by atoms with van der Waals surface area (Å²) in [7, 11) is 0. The third kappa shape index (κ3) is 3.70. The molecular formula is C18H31N3O2. The van der Waals surface area contributed by atoms with Crippen LogP contribution in [0.5, 0.6) is 0 Å². The van der Waals surface area contributed by atoms with Gasteiger partial charge in [-0.2, -0.15) is 0 Å². The lowest BCUT2D eigenvalue weighted by Gasteiger charge is -2.45. The van der Waals surface area contributed by atoms with Crippen molar-refractivity contribution in [1.29, 1.82) is 0 Å². The van der Waals surface area contributed by atoms with Crippen LogP contribution in [0.2, 0.25) is 0 Å². The first-order valence-electron chi connectivity index (χ1n) is 9.25. The van der Waals surface area contributed by atoms with Crippen LogP contribution in [-0.4, -0.2) is 59.9 Å². The summed E-state index contributed by atoms with van der Waals surface area (Å²) in [6, 6.07) is 0. The van der Waals surface area contributed by atoms with Crippen molar-refractivity contribution in [2.24, 2.45) is 11.8 Å². The summed E-state index contributed by atoms with van der Waals surface area (Å²) in [4.78, 5) is 28.1. The molecule has 2 saturated heterocycles. The molecule has 3 aliphatic rings. The number of rotatable bonds is 3. The molecule has 23 heavy (non-hydrogen) atoms. The largest absolute Gasteiger partial charge is 0.347 e. The Balaban J connectivity index is 1.69. The molecule has 0 spiro atoms. The van der Waals surface area contributed by atoms with Crippen molar-refractivity contribution in [3.8, 4) is 0 Å². The first kappa shape index (κ1) is 16.7. The molecule has 2 aliphatic heterocycles. The van der Waals surface area contributed by atoms with E-state index in [1.54, 1.807) is 13.8 Å². The summed E-state index contributed by atoms with van der Waals surface area (Å²) in [5, 5.41) is 3.23. The number of carbonyl (C=O) groups excluding carboxylic acids is 2. The van der Waals surface area contributed by atoms with Crippen LogP contribution in [0.25, 0.3) is 0 Å². The van der Waals surface area contributed by atoms with Crippen molar-refractivity contribution in [3.63, 3.8) is 0 Å². The summed E-state index contributed by atoms with van der Waals surface area (Å²) < 4.78 is 0. The normalized spacial score (nSPS) is 32.6. The molecule has 2 heterocycles. The summed E-state index contributed by atoms with van der Waals surface area (Å²) in [5.74, 6) is 1.38. The minimum atomic E-state index is -0.232. The van der Waals surface area contributed by atoms with Gasteiger partial charge in [0.15, 0.2) is 0 Å². The second kappa shape index (κ2) is 6.80. The van der Waals surface area contributed by atoms with E-state index in [-0.39, 0.29) is 17.4 Å². The molecule has 1 N–H and O–H groups in total. The third-order valence-electron chi connectivity index (χ3n) is 6.11. The van der Waals surface area contributed by atoms with Crippen molar-refractivity contribution < 1.29 is 9.59 Å². The first-order chi connectivity index (χ1) is 11.0. The van der Waals surface area contributed by atoms with Gasteiger partial charge in [-0.15, -0.1) is 0 Å². The molecule has 0 radical (unpaired) electrons. The molecule has 0 bridgehead atoms. The van der Waals surface area contributed by atoms with Crippen LogP contribution in [-0.2, 0) is 9.59 Å². The fraction of sp³-hybridized carbons (Fsp3) is 0.889. The van der Waals surface area contributed by atoms with E-state index in [4.69, 9.17) is 0 Å². The highest BCUT2D eigenvalue weighted by Crippen LogP contribution is 2.36. The average Bonchev–Trinajstić information content (AvgIpc) is 2.86. The summed E-state index contributed by atoms with van der Waals surface area (Å²) in [5.41, 5.74) is -0.232. The van der Waals surface area contributed by atoms with E-state index in [0.717, 1.165) is 38.5 Å². The van der Waals surface area contributed by atoms with Crippen molar-refractivity contribution in [2.75, 3.05) is 32.7 Å². The predicted molar refractivity (Wildman–Crippen MR) is 89.9 cm³/mol. The number of hydrogen-bond donors (Lipinski definition) is 1. The Labute approximate surface area is 139 Å². The highest BCUT2D eigenvalue weighted by Gasteiger charge is 2.51. The van der Waals surface area contributed by atoms with Crippen LogP contribution >= 0.6 is 0 Å². The quantitative estimate of drug-likeness (QED) is 0.859. The molecule has 1 aliphatic carbocycles. The van der Waals surface area contributed by atoms with Crippen LogP contribution in [0.4, 0.5) is 0 Å². The van der Waals surface area contributed by atoms with Crippen molar-refractivity contribution >= 4 is 11.8 Å². The van der Waals surface area contributed by atoms with E-state index < -0.39 is 0 Å². The zero-order valence-corrected chi connectivity index (χ0v) is 14.6. The molecule has 0 aromatic carbocycles. The summed E-state index contributed by atoms with van der Waals surface area (Å²) in [6.07, 6.45) is 7.92. The van der Waals surface area contributed by atoms with Gasteiger partial charge in [-0.05, 0) is 31.7 Å². The summed E-state index contributed by atoms with van der Waals surface area (Å²) >= 11 is 0. The van der Waals surface area contributed by atoms with Crippen molar-refractivity contribution in [1.82, 2.24) is 15.1 Å². The van der Waals surface area contributed by atoms with E-state index in [1.807, 2.05) is 4.90 Å². The molecule has 1 saturated carbocycles. The number of carbonyl (C=O) groups is 2. The van der Waals surface area contributed by atoms with Crippen LogP contribution in [0.3, 0.4) is 0 Å². The van der Waals surface area contributed by atoms with Gasteiger partial charge in [0.05, 0.1) is 5.54 Å². The molecule has 3 rings (SSSR count). The minimum absolute atomic E-state index is 0.0277. The Kier molecular flexibility index (Phi) is 4.95. The number of hydrogen-bond acceptors (Lipinski definition) is 3. The molecule has 2 atom stereocenters. The molecule has 5 nitrogen and oxygen atoms in total. The Morgan fingerprint density at radius 3 is 2.48 bits per heavy atom. The number of fused-ring (bicyclic) bond motifs is 1. The topological polar surface area (TPSA) is 52.7 Å². The van der Waals surface area contributed by atoms with Gasteiger partial charge >= 0.3 is 0 Å². The lowest BCUT2D eigenvalue weighted by molar-refractivity contribution is -0.128. The number of nitrogens with one attached hydrogen (secondary N) is 1. The van der Waals surface area contributed by atoms with E-state index in [9.17, 15) is 9.59 Å². The summed E-state index contributed by atoms with van der Waals surface area (Å²) in [6.45, 7) is 7.88. The van der Waals surface area contributed by atoms with Gasteiger partial charge in [0.25, 0.3) is 0 Å². The Hall–Kier alpha value is -1.10. The number of nitrogens with zero attached hydrogens (tertiary/aromatic N) is 2. The molecule has 0 aromatic rings. The third-order valence-corrected chi connectivity index (χ3v) is 6.11. The van der Waals surface area contributed by atoms with Gasteiger partial charge in [0.1, 0.15) is 0 Å². The highest BCUT2D eigenvalue weighted by atomic mass is 16.2. The van der Waals surface area contributed by atoms with Gasteiger partial charge < -0.3 is 15.1 Å². The first-order valence-corrected chi connectivity index (χ1v) is 9.25. The lowest BCUT2D eigenvalue weighted by atomic mass is 9.80. The maximum Gasteiger partial charge on any atom is 0.219 e. The van der Waals surface area contributed by atoms with Crippen LogP contribution in [0.15, 0.2) is 0 Å². The highest BCUT2D eigenvalue weighted by molar-refractivity contribution is 5.76. The van der Waals surface area contributed by atoms with E-state index in [0.29, 0.717) is 12.5 Å². The van der Waals surface area contributed by atoms with Crippen LogP contribution < -0.4 is 5.32 Å². The second-order valence-electron chi connectivity index (χ2n) is 7.96. The Morgan fingerprint density at radius 1 is 1.09 bits per heavy atom. The number of piperidine rings is 1. The Morgan fingerprint density at radius 2 is 1.83 bits per heavy atom. The van der Waals surface area contributed by atoms with Crippen LogP contribution in [0.1, 0.15) is 52.4 Å². The van der Waals surface area contributed by atoms with Gasteiger partial charge in [0.2, 0.25) is 11.8 Å². The molecular weight excluding hydrogens is 290 g/mol. The van der Waals surface area contributed by atoms with E-state index in [2.05, 4.69) is 10.2 Å². The smallest absolute Gasteiger partial charge is 0.219 e. The van der Waals surface area contributed by atoms with E-state index in [1.165, 1.54) is 32.1 Å². The zero-order valence-electron chi connectivity index (χ0n) is 14.6. The molecule has 2 amide bonds. The molecule has 0 aromatic heterocycles. The van der Waals surface area contributed by atoms with Gasteiger partial charge in [0, 0.05) is 45.9 Å². The fourth-order valence-corrected chi connectivity index (χ4v) is 5.00. The maximum atomic E-state index is 11.8. The van der Waals surface area contributed by atoms with Crippen molar-refractivity contribution in [3.05, 3.63) is 0 Å². The molecule has 5 heteroatoms. The number of likely N-dealkylation sites (tertiary alicyclic amines) is 2. The SMILES string of the molecule is CC(=O)N[C@@]12CN(CC3CCCCC3)CC[C@@H]1CN(C(C)=O)C2. The molecule has 0 unspecified atom stereocenters. The van der Waals surface area contributed by atoms with Gasteiger partial charge in [-0.1, -0.05) is 19.3 Å². The zero-order chi connectivity index (χ0) is 16.4. The van der Waals surface area contributed by atoms with Gasteiger partial charge in [-0.3, -0.25) is 9.59 Å².